The number of amides is 1. The number of hydrogen-bond donors (Lipinski definition) is 0. The molecule has 1 aliphatic carbocycles. The molecule has 1 atom stereocenters. The molecule has 1 unspecified atom stereocenters. The van der Waals surface area contributed by atoms with Gasteiger partial charge >= 0.3 is 0 Å². The fourth-order valence-electron chi connectivity index (χ4n) is 2.73. The Labute approximate surface area is 125 Å². The molecule has 0 N–H and O–H groups in total. The summed E-state index contributed by atoms with van der Waals surface area (Å²) in [5.74, 6) is 0.655. The van der Waals surface area contributed by atoms with Crippen LogP contribution in [0.4, 0.5) is 0 Å². The number of hydrogen-bond acceptors (Lipinski definition) is 3. The average Bonchev–Trinajstić information content (AvgIpc) is 2.79. The van der Waals surface area contributed by atoms with E-state index in [1.54, 1.807) is 18.4 Å². The third-order valence-corrected chi connectivity index (χ3v) is 5.40. The lowest BCUT2D eigenvalue weighted by Gasteiger charge is -2.33. The van der Waals surface area contributed by atoms with Gasteiger partial charge in [0.2, 0.25) is 0 Å². The van der Waals surface area contributed by atoms with Gasteiger partial charge in [-0.2, -0.15) is 5.26 Å². The van der Waals surface area contributed by atoms with Gasteiger partial charge < -0.3 is 4.90 Å². The van der Waals surface area contributed by atoms with Gasteiger partial charge in [-0.05, 0) is 42.2 Å². The summed E-state index contributed by atoms with van der Waals surface area (Å²) in [5, 5.41) is 8.68. The van der Waals surface area contributed by atoms with Crippen LogP contribution in [0.5, 0.6) is 0 Å². The minimum absolute atomic E-state index is 0.0294. The van der Waals surface area contributed by atoms with E-state index in [2.05, 4.69) is 20.8 Å². The molecule has 1 amide bonds. The summed E-state index contributed by atoms with van der Waals surface area (Å²) in [7, 11) is 1.68. The van der Waals surface area contributed by atoms with Crippen molar-refractivity contribution in [2.24, 2.45) is 11.3 Å². The first-order valence-electron chi connectivity index (χ1n) is 7.07. The van der Waals surface area contributed by atoms with Gasteiger partial charge in [-0.3, -0.25) is 4.79 Å². The van der Waals surface area contributed by atoms with Crippen LogP contribution in [0.1, 0.15) is 47.3 Å². The summed E-state index contributed by atoms with van der Waals surface area (Å²) in [5.41, 5.74) is 1.66. The molecule has 0 radical (unpaired) electrons. The largest absolute Gasteiger partial charge is 0.328 e. The van der Waals surface area contributed by atoms with Crippen LogP contribution in [-0.2, 0) is 12.8 Å². The van der Waals surface area contributed by atoms with Crippen LogP contribution in [0, 0.1) is 22.7 Å². The second-order valence-corrected chi connectivity index (χ2v) is 7.82. The van der Waals surface area contributed by atoms with Crippen molar-refractivity contribution in [3.63, 3.8) is 0 Å². The molecule has 2 rings (SSSR count). The summed E-state index contributed by atoms with van der Waals surface area (Å²) in [6.45, 7) is 7.03. The molecule has 0 saturated carbocycles. The summed E-state index contributed by atoms with van der Waals surface area (Å²) >= 11 is 1.61. The molecule has 1 aromatic heterocycles. The molecule has 0 bridgehead atoms. The van der Waals surface area contributed by atoms with Crippen LogP contribution < -0.4 is 0 Å². The molecular weight excluding hydrogens is 268 g/mol. The van der Waals surface area contributed by atoms with Crippen molar-refractivity contribution in [1.29, 1.82) is 5.26 Å². The molecule has 20 heavy (non-hydrogen) atoms. The molecule has 0 saturated heterocycles. The Hall–Kier alpha value is -1.34. The zero-order valence-electron chi connectivity index (χ0n) is 12.7. The molecule has 3 nitrogen and oxygen atoms in total. The smallest absolute Gasteiger partial charge is 0.264 e. The van der Waals surface area contributed by atoms with E-state index in [1.165, 1.54) is 21.8 Å². The number of nitriles is 1. The number of aryl methyl sites for hydroxylation is 1. The summed E-state index contributed by atoms with van der Waals surface area (Å²) in [6, 6.07) is 4.07. The van der Waals surface area contributed by atoms with Crippen LogP contribution in [0.3, 0.4) is 0 Å². The quantitative estimate of drug-likeness (QED) is 0.783. The molecular formula is C16H22N2OS. The van der Waals surface area contributed by atoms with E-state index in [1.807, 2.05) is 12.1 Å². The minimum atomic E-state index is -0.0294. The predicted octanol–water partition coefficient (Wildman–Crippen LogP) is 3.49. The number of carbonyl (C=O) groups is 1. The highest BCUT2D eigenvalue weighted by Crippen LogP contribution is 2.40. The molecule has 1 aliphatic rings. The number of thiophene rings is 1. The van der Waals surface area contributed by atoms with Gasteiger partial charge in [-0.15, -0.1) is 11.3 Å². The van der Waals surface area contributed by atoms with Crippen LogP contribution >= 0.6 is 11.3 Å². The molecule has 1 heterocycles. The molecule has 4 heteroatoms. The van der Waals surface area contributed by atoms with Crippen molar-refractivity contribution in [2.45, 2.75) is 40.0 Å². The maximum absolute atomic E-state index is 12.2. The van der Waals surface area contributed by atoms with Crippen molar-refractivity contribution in [3.05, 3.63) is 21.4 Å². The van der Waals surface area contributed by atoms with Gasteiger partial charge in [0.15, 0.2) is 0 Å². The summed E-state index contributed by atoms with van der Waals surface area (Å²) in [6.07, 6.45) is 3.36. The SMILES string of the molecule is CN(CC#N)C(=O)c1cc2c(s1)CCC(C(C)(C)C)C2. The monoisotopic (exact) mass is 290 g/mol. The lowest BCUT2D eigenvalue weighted by Crippen LogP contribution is -2.26. The Morgan fingerprint density at radius 2 is 2.25 bits per heavy atom. The number of nitrogens with zero attached hydrogens (tertiary/aromatic N) is 2. The Bertz CT molecular complexity index is 548. The maximum atomic E-state index is 12.2. The first kappa shape index (κ1) is 15.1. The van der Waals surface area contributed by atoms with Crippen molar-refractivity contribution in [1.82, 2.24) is 4.90 Å². The van der Waals surface area contributed by atoms with Gasteiger partial charge in [0.1, 0.15) is 6.54 Å². The number of fused-ring (bicyclic) bond motifs is 1. The maximum Gasteiger partial charge on any atom is 0.264 e. The van der Waals surface area contributed by atoms with Gasteiger partial charge in [-0.1, -0.05) is 20.8 Å². The third kappa shape index (κ3) is 3.04. The molecule has 1 aromatic rings. The van der Waals surface area contributed by atoms with E-state index >= 15 is 0 Å². The Morgan fingerprint density at radius 3 is 2.85 bits per heavy atom. The number of rotatable bonds is 2. The summed E-state index contributed by atoms with van der Waals surface area (Å²) < 4.78 is 0. The molecule has 0 spiro atoms. The zero-order valence-corrected chi connectivity index (χ0v) is 13.5. The lowest BCUT2D eigenvalue weighted by molar-refractivity contribution is 0.0816. The molecule has 108 valence electrons. The highest BCUT2D eigenvalue weighted by Gasteiger charge is 2.30. The van der Waals surface area contributed by atoms with Crippen molar-refractivity contribution >= 4 is 17.2 Å². The summed E-state index contributed by atoms with van der Waals surface area (Å²) in [4.78, 5) is 15.8. The Balaban J connectivity index is 2.17. The van der Waals surface area contributed by atoms with Crippen molar-refractivity contribution in [2.75, 3.05) is 13.6 Å². The van der Waals surface area contributed by atoms with E-state index in [0.717, 1.165) is 17.7 Å². The topological polar surface area (TPSA) is 44.1 Å². The average molecular weight is 290 g/mol. The first-order valence-corrected chi connectivity index (χ1v) is 7.88. The fraction of sp³-hybridized carbons (Fsp3) is 0.625. The van der Waals surface area contributed by atoms with E-state index in [4.69, 9.17) is 5.26 Å². The normalized spacial score (nSPS) is 18.2. The van der Waals surface area contributed by atoms with Crippen LogP contribution in [0.15, 0.2) is 6.07 Å². The van der Waals surface area contributed by atoms with E-state index < -0.39 is 0 Å². The van der Waals surface area contributed by atoms with Crippen LogP contribution in [-0.4, -0.2) is 24.4 Å². The highest BCUT2D eigenvalue weighted by atomic mass is 32.1. The molecule has 0 aromatic carbocycles. The predicted molar refractivity (Wildman–Crippen MR) is 81.9 cm³/mol. The van der Waals surface area contributed by atoms with Crippen LogP contribution in [0.25, 0.3) is 0 Å². The highest BCUT2D eigenvalue weighted by molar-refractivity contribution is 7.14. The third-order valence-electron chi connectivity index (χ3n) is 4.17. The van der Waals surface area contributed by atoms with E-state index in [9.17, 15) is 4.79 Å². The fourth-order valence-corrected chi connectivity index (χ4v) is 3.94. The first-order chi connectivity index (χ1) is 9.32. The van der Waals surface area contributed by atoms with Crippen molar-refractivity contribution in [3.8, 4) is 6.07 Å². The van der Waals surface area contributed by atoms with E-state index in [0.29, 0.717) is 11.3 Å². The Kier molecular flexibility index (Phi) is 4.19. The lowest BCUT2D eigenvalue weighted by atomic mass is 9.72. The van der Waals surface area contributed by atoms with Gasteiger partial charge in [-0.25, -0.2) is 0 Å². The molecule has 0 aliphatic heterocycles. The Morgan fingerprint density at radius 1 is 1.55 bits per heavy atom. The van der Waals surface area contributed by atoms with Crippen LogP contribution in [0.2, 0.25) is 0 Å². The number of carbonyl (C=O) groups excluding carboxylic acids is 1. The second-order valence-electron chi connectivity index (χ2n) is 6.68. The van der Waals surface area contributed by atoms with Gasteiger partial charge in [0.05, 0.1) is 10.9 Å². The second kappa shape index (κ2) is 5.57. The zero-order chi connectivity index (χ0) is 14.9. The van der Waals surface area contributed by atoms with Crippen molar-refractivity contribution < 1.29 is 4.79 Å². The molecule has 0 fully saturated rings. The van der Waals surface area contributed by atoms with E-state index in [-0.39, 0.29) is 12.5 Å². The minimum Gasteiger partial charge on any atom is -0.328 e. The van der Waals surface area contributed by atoms with Gasteiger partial charge in [0.25, 0.3) is 5.91 Å². The van der Waals surface area contributed by atoms with Gasteiger partial charge in [0, 0.05) is 11.9 Å². The standard InChI is InChI=1S/C16H22N2OS/c1-16(2,3)12-5-6-13-11(9-12)10-14(20-13)15(19)18(4)8-7-17/h10,12H,5-6,8-9H2,1-4H3.